The minimum Gasteiger partial charge on any atom is -0.318 e. The largest absolute Gasteiger partial charge is 0.318 e. The minimum absolute atomic E-state index is 0.684. The van der Waals surface area contributed by atoms with Crippen molar-refractivity contribution in [3.8, 4) is 0 Å². The molecule has 1 rings (SSSR count). The number of rotatable bonds is 5. The van der Waals surface area contributed by atoms with Crippen molar-refractivity contribution in [3.63, 3.8) is 0 Å². The van der Waals surface area contributed by atoms with Gasteiger partial charge in [-0.15, -0.1) is 0 Å². The second kappa shape index (κ2) is 6.61. The molecule has 0 spiro atoms. The Kier molecular flexibility index (Phi) is 5.77. The fourth-order valence-electron chi connectivity index (χ4n) is 2.98. The summed E-state index contributed by atoms with van der Waals surface area (Å²) in [5.41, 5.74) is 0. The Balaban J connectivity index is 2.49. The Labute approximate surface area is 102 Å². The van der Waals surface area contributed by atoms with Crippen LogP contribution in [0.25, 0.3) is 0 Å². The highest BCUT2D eigenvalue weighted by Gasteiger charge is 2.27. The maximum absolute atomic E-state index is 3.34. The standard InChI is InChI=1S/C14H30N2/c1-11(2)14(10-15-4)16(5)13-8-6-12(3)7-9-13/h11-15H,6-10H2,1-5H3. The van der Waals surface area contributed by atoms with Gasteiger partial charge >= 0.3 is 0 Å². The molecule has 0 heterocycles. The summed E-state index contributed by atoms with van der Waals surface area (Å²) in [6.45, 7) is 8.18. The zero-order valence-corrected chi connectivity index (χ0v) is 11.8. The number of hydrogen-bond acceptors (Lipinski definition) is 2. The van der Waals surface area contributed by atoms with Gasteiger partial charge in [-0.1, -0.05) is 20.8 Å². The number of hydrogen-bond donors (Lipinski definition) is 1. The maximum atomic E-state index is 3.34. The first kappa shape index (κ1) is 14.0. The molecule has 0 aromatic rings. The van der Waals surface area contributed by atoms with Gasteiger partial charge in [0.1, 0.15) is 0 Å². The predicted octanol–water partition coefficient (Wildman–Crippen LogP) is 2.74. The van der Waals surface area contributed by atoms with Gasteiger partial charge in [-0.05, 0) is 51.6 Å². The summed E-state index contributed by atoms with van der Waals surface area (Å²) in [6.07, 6.45) is 5.62. The van der Waals surface area contributed by atoms with Crippen LogP contribution in [0.3, 0.4) is 0 Å². The van der Waals surface area contributed by atoms with Crippen LogP contribution in [-0.2, 0) is 0 Å². The monoisotopic (exact) mass is 226 g/mol. The molecule has 0 amide bonds. The van der Waals surface area contributed by atoms with Crippen LogP contribution in [0.15, 0.2) is 0 Å². The molecule has 1 aliphatic rings. The summed E-state index contributed by atoms with van der Waals surface area (Å²) < 4.78 is 0. The lowest BCUT2D eigenvalue weighted by Crippen LogP contribution is -2.48. The molecule has 0 radical (unpaired) electrons. The van der Waals surface area contributed by atoms with Crippen molar-refractivity contribution in [1.82, 2.24) is 10.2 Å². The van der Waals surface area contributed by atoms with Gasteiger partial charge < -0.3 is 5.32 Å². The summed E-state index contributed by atoms with van der Waals surface area (Å²) in [4.78, 5) is 2.63. The molecular weight excluding hydrogens is 196 g/mol. The highest BCUT2D eigenvalue weighted by Crippen LogP contribution is 2.28. The van der Waals surface area contributed by atoms with E-state index in [4.69, 9.17) is 0 Å². The van der Waals surface area contributed by atoms with E-state index in [-0.39, 0.29) is 0 Å². The third-order valence-electron chi connectivity index (χ3n) is 4.27. The van der Waals surface area contributed by atoms with Crippen molar-refractivity contribution < 1.29 is 0 Å². The summed E-state index contributed by atoms with van der Waals surface area (Å²) in [7, 11) is 4.38. The van der Waals surface area contributed by atoms with Gasteiger partial charge in [-0.3, -0.25) is 4.90 Å². The van der Waals surface area contributed by atoms with E-state index in [0.717, 1.165) is 24.4 Å². The average Bonchev–Trinajstić information content (AvgIpc) is 2.25. The Bertz CT molecular complexity index is 183. The normalized spacial score (nSPS) is 28.7. The molecule has 2 heteroatoms. The molecule has 1 fully saturated rings. The molecule has 0 saturated heterocycles. The van der Waals surface area contributed by atoms with Crippen molar-refractivity contribution in [2.75, 3.05) is 20.6 Å². The van der Waals surface area contributed by atoms with Gasteiger partial charge in [0, 0.05) is 18.6 Å². The molecule has 2 nitrogen and oxygen atoms in total. The van der Waals surface area contributed by atoms with E-state index in [1.807, 2.05) is 0 Å². The van der Waals surface area contributed by atoms with Gasteiger partial charge in [0.05, 0.1) is 0 Å². The van der Waals surface area contributed by atoms with Crippen LogP contribution in [0.2, 0.25) is 0 Å². The van der Waals surface area contributed by atoms with Crippen molar-refractivity contribution in [1.29, 1.82) is 0 Å². The predicted molar refractivity (Wildman–Crippen MR) is 71.7 cm³/mol. The lowest BCUT2D eigenvalue weighted by molar-refractivity contribution is 0.0974. The molecule has 0 aliphatic heterocycles. The number of nitrogens with zero attached hydrogens (tertiary/aromatic N) is 1. The molecule has 1 atom stereocenters. The molecule has 1 aliphatic carbocycles. The van der Waals surface area contributed by atoms with Crippen LogP contribution < -0.4 is 5.32 Å². The van der Waals surface area contributed by atoms with Gasteiger partial charge in [0.2, 0.25) is 0 Å². The molecule has 1 N–H and O–H groups in total. The van der Waals surface area contributed by atoms with E-state index in [1.165, 1.54) is 25.7 Å². The highest BCUT2D eigenvalue weighted by molar-refractivity contribution is 4.83. The number of nitrogens with one attached hydrogen (secondary N) is 1. The first-order chi connectivity index (χ1) is 7.56. The van der Waals surface area contributed by atoms with Crippen LogP contribution in [0, 0.1) is 11.8 Å². The van der Waals surface area contributed by atoms with Crippen molar-refractivity contribution in [2.24, 2.45) is 11.8 Å². The Morgan fingerprint density at radius 3 is 2.19 bits per heavy atom. The molecule has 16 heavy (non-hydrogen) atoms. The quantitative estimate of drug-likeness (QED) is 0.775. The topological polar surface area (TPSA) is 15.3 Å². The van der Waals surface area contributed by atoms with Gasteiger partial charge in [-0.25, -0.2) is 0 Å². The molecule has 0 aromatic heterocycles. The second-order valence-corrected chi connectivity index (χ2v) is 5.95. The van der Waals surface area contributed by atoms with E-state index in [0.29, 0.717) is 6.04 Å². The van der Waals surface area contributed by atoms with E-state index in [2.05, 4.69) is 45.1 Å². The summed E-state index contributed by atoms with van der Waals surface area (Å²) in [6, 6.07) is 1.50. The van der Waals surface area contributed by atoms with Crippen LogP contribution in [0.4, 0.5) is 0 Å². The highest BCUT2D eigenvalue weighted by atomic mass is 15.2. The zero-order valence-electron chi connectivity index (χ0n) is 11.8. The SMILES string of the molecule is CNCC(C(C)C)N(C)C1CCC(C)CC1. The van der Waals surface area contributed by atoms with Crippen molar-refractivity contribution in [3.05, 3.63) is 0 Å². The Morgan fingerprint density at radius 1 is 1.19 bits per heavy atom. The molecule has 96 valence electrons. The summed E-state index contributed by atoms with van der Waals surface area (Å²) >= 11 is 0. The lowest BCUT2D eigenvalue weighted by Gasteiger charge is -2.40. The van der Waals surface area contributed by atoms with Crippen molar-refractivity contribution >= 4 is 0 Å². The molecule has 0 bridgehead atoms. The smallest absolute Gasteiger partial charge is 0.0243 e. The maximum Gasteiger partial charge on any atom is 0.0243 e. The number of likely N-dealkylation sites (N-methyl/N-ethyl adjacent to an activating group) is 2. The van der Waals surface area contributed by atoms with Crippen LogP contribution in [-0.4, -0.2) is 37.6 Å². The van der Waals surface area contributed by atoms with E-state index >= 15 is 0 Å². The Morgan fingerprint density at radius 2 is 1.75 bits per heavy atom. The second-order valence-electron chi connectivity index (χ2n) is 5.95. The lowest BCUT2D eigenvalue weighted by atomic mass is 9.85. The average molecular weight is 226 g/mol. The molecule has 0 aromatic carbocycles. The fourth-order valence-corrected chi connectivity index (χ4v) is 2.98. The van der Waals surface area contributed by atoms with Crippen LogP contribution >= 0.6 is 0 Å². The third kappa shape index (κ3) is 3.74. The van der Waals surface area contributed by atoms with E-state index in [1.54, 1.807) is 0 Å². The van der Waals surface area contributed by atoms with Crippen LogP contribution in [0.1, 0.15) is 46.5 Å². The first-order valence-corrected chi connectivity index (χ1v) is 6.92. The van der Waals surface area contributed by atoms with E-state index in [9.17, 15) is 0 Å². The van der Waals surface area contributed by atoms with Gasteiger partial charge in [0.25, 0.3) is 0 Å². The van der Waals surface area contributed by atoms with E-state index < -0.39 is 0 Å². The Hall–Kier alpha value is -0.0800. The fraction of sp³-hybridized carbons (Fsp3) is 1.00. The molecule has 1 unspecified atom stereocenters. The summed E-state index contributed by atoms with van der Waals surface area (Å²) in [5.74, 6) is 1.68. The van der Waals surface area contributed by atoms with Crippen molar-refractivity contribution in [2.45, 2.75) is 58.5 Å². The third-order valence-corrected chi connectivity index (χ3v) is 4.27. The van der Waals surface area contributed by atoms with Gasteiger partial charge in [0.15, 0.2) is 0 Å². The molecular formula is C14H30N2. The van der Waals surface area contributed by atoms with Gasteiger partial charge in [-0.2, -0.15) is 0 Å². The first-order valence-electron chi connectivity index (χ1n) is 6.92. The summed E-state index contributed by atoms with van der Waals surface area (Å²) in [5, 5.41) is 3.34. The minimum atomic E-state index is 0.684. The zero-order chi connectivity index (χ0) is 12.1. The van der Waals surface area contributed by atoms with Crippen LogP contribution in [0.5, 0.6) is 0 Å². The molecule has 1 saturated carbocycles.